The molecule has 0 bridgehead atoms. The van der Waals surface area contributed by atoms with Crippen LogP contribution in [-0.4, -0.2) is 62.8 Å². The smallest absolute Gasteiger partial charge is 0.241 e. The van der Waals surface area contributed by atoms with E-state index in [2.05, 4.69) is 5.32 Å². The van der Waals surface area contributed by atoms with Gasteiger partial charge in [-0.2, -0.15) is 0 Å². The summed E-state index contributed by atoms with van der Waals surface area (Å²) in [5.74, 6) is -0.751. The normalized spacial score (nSPS) is 17.3. The second-order valence-corrected chi connectivity index (χ2v) is 7.09. The number of amides is 2. The molecule has 19 heavy (non-hydrogen) atoms. The van der Waals surface area contributed by atoms with Gasteiger partial charge in [0.05, 0.1) is 18.3 Å². The number of nitrogens with zero attached hydrogens (tertiary/aromatic N) is 1. The molecule has 110 valence electrons. The predicted molar refractivity (Wildman–Crippen MR) is 71.1 cm³/mol. The fraction of sp³-hybridized carbons (Fsp3) is 0.818. The van der Waals surface area contributed by atoms with Gasteiger partial charge in [0.15, 0.2) is 0 Å². The molecule has 1 rings (SSSR count). The summed E-state index contributed by atoms with van der Waals surface area (Å²) in [5.41, 5.74) is 5.56. The van der Waals surface area contributed by atoms with E-state index in [9.17, 15) is 18.0 Å². The molecule has 1 aliphatic heterocycles. The average Bonchev–Trinajstić information content (AvgIpc) is 2.85. The van der Waals surface area contributed by atoms with E-state index in [-0.39, 0.29) is 24.6 Å². The predicted octanol–water partition coefficient (Wildman–Crippen LogP) is -1.51. The van der Waals surface area contributed by atoms with E-state index in [1.165, 1.54) is 0 Å². The molecule has 7 nitrogen and oxygen atoms in total. The molecule has 1 aliphatic rings. The van der Waals surface area contributed by atoms with Crippen molar-refractivity contribution < 1.29 is 18.0 Å². The van der Waals surface area contributed by atoms with Gasteiger partial charge >= 0.3 is 0 Å². The number of carbonyl (C=O) groups excluding carboxylic acids is 2. The van der Waals surface area contributed by atoms with E-state index in [1.807, 2.05) is 0 Å². The fourth-order valence-electron chi connectivity index (χ4n) is 1.84. The molecule has 1 fully saturated rings. The summed E-state index contributed by atoms with van der Waals surface area (Å²) in [6.07, 6.45) is 3.14. The number of nitrogens with two attached hydrogens (primary N) is 1. The minimum absolute atomic E-state index is 0.0581. The Kier molecular flexibility index (Phi) is 5.74. The lowest BCUT2D eigenvalue weighted by Crippen LogP contribution is -2.46. The highest BCUT2D eigenvalue weighted by molar-refractivity contribution is 7.90. The van der Waals surface area contributed by atoms with Gasteiger partial charge in [-0.15, -0.1) is 0 Å². The van der Waals surface area contributed by atoms with Crippen LogP contribution in [0.3, 0.4) is 0 Å². The van der Waals surface area contributed by atoms with Gasteiger partial charge in [-0.25, -0.2) is 8.42 Å². The summed E-state index contributed by atoms with van der Waals surface area (Å²) in [6.45, 7) is 1.38. The second kappa shape index (κ2) is 6.85. The van der Waals surface area contributed by atoms with Gasteiger partial charge in [0.25, 0.3) is 0 Å². The summed E-state index contributed by atoms with van der Waals surface area (Å²) in [7, 11) is -3.13. The van der Waals surface area contributed by atoms with Crippen molar-refractivity contribution in [3.8, 4) is 0 Å². The maximum absolute atomic E-state index is 11.7. The van der Waals surface area contributed by atoms with Crippen LogP contribution in [0, 0.1) is 0 Å². The molecule has 8 heteroatoms. The number of hydrogen-bond acceptors (Lipinski definition) is 5. The molecule has 1 unspecified atom stereocenters. The molecule has 0 aliphatic carbocycles. The van der Waals surface area contributed by atoms with E-state index in [0.29, 0.717) is 0 Å². The molecular weight excluding hydrogens is 270 g/mol. The monoisotopic (exact) mass is 291 g/mol. The minimum Gasteiger partial charge on any atom is -0.346 e. The molecule has 0 saturated carbocycles. The highest BCUT2D eigenvalue weighted by Crippen LogP contribution is 2.06. The zero-order chi connectivity index (χ0) is 14.5. The van der Waals surface area contributed by atoms with Gasteiger partial charge in [0, 0.05) is 19.3 Å². The summed E-state index contributed by atoms with van der Waals surface area (Å²) < 4.78 is 21.9. The average molecular weight is 291 g/mol. The molecule has 0 aromatic heterocycles. The van der Waals surface area contributed by atoms with Gasteiger partial charge in [-0.3, -0.25) is 9.59 Å². The van der Waals surface area contributed by atoms with E-state index in [0.717, 1.165) is 32.2 Å². The van der Waals surface area contributed by atoms with E-state index < -0.39 is 21.8 Å². The van der Waals surface area contributed by atoms with Gasteiger partial charge in [-0.05, 0) is 19.3 Å². The quantitative estimate of drug-likeness (QED) is 0.618. The summed E-state index contributed by atoms with van der Waals surface area (Å²) in [5, 5.41) is 2.45. The van der Waals surface area contributed by atoms with Crippen LogP contribution in [0.2, 0.25) is 0 Å². The molecule has 1 atom stereocenters. The fourth-order valence-corrected chi connectivity index (χ4v) is 2.53. The third-order valence-electron chi connectivity index (χ3n) is 3.01. The van der Waals surface area contributed by atoms with Gasteiger partial charge in [-0.1, -0.05) is 0 Å². The van der Waals surface area contributed by atoms with Gasteiger partial charge < -0.3 is 16.0 Å². The summed E-state index contributed by atoms with van der Waals surface area (Å²) in [4.78, 5) is 24.9. The maximum Gasteiger partial charge on any atom is 0.241 e. The lowest BCUT2D eigenvalue weighted by atomic mass is 10.2. The first-order valence-electron chi connectivity index (χ1n) is 6.28. The van der Waals surface area contributed by atoms with Crippen LogP contribution in [0.25, 0.3) is 0 Å². The Morgan fingerprint density at radius 1 is 1.32 bits per heavy atom. The van der Waals surface area contributed by atoms with Crippen LogP contribution >= 0.6 is 0 Å². The van der Waals surface area contributed by atoms with Crippen molar-refractivity contribution in [2.24, 2.45) is 5.73 Å². The van der Waals surface area contributed by atoms with Crippen molar-refractivity contribution in [3.63, 3.8) is 0 Å². The number of carbonyl (C=O) groups is 2. The maximum atomic E-state index is 11.7. The van der Waals surface area contributed by atoms with Gasteiger partial charge in [0.2, 0.25) is 11.8 Å². The zero-order valence-corrected chi connectivity index (χ0v) is 11.9. The molecule has 0 radical (unpaired) electrons. The molecular formula is C11H21N3O4S. The highest BCUT2D eigenvalue weighted by Gasteiger charge is 2.20. The first-order valence-corrected chi connectivity index (χ1v) is 8.34. The van der Waals surface area contributed by atoms with Crippen molar-refractivity contribution in [1.29, 1.82) is 0 Å². The third-order valence-corrected chi connectivity index (χ3v) is 3.99. The Bertz CT molecular complexity index is 429. The molecule has 0 aromatic rings. The lowest BCUT2D eigenvalue weighted by Gasteiger charge is -2.16. The molecule has 0 aromatic carbocycles. The van der Waals surface area contributed by atoms with Crippen molar-refractivity contribution >= 4 is 21.7 Å². The first kappa shape index (κ1) is 15.9. The topological polar surface area (TPSA) is 110 Å². The molecule has 0 spiro atoms. The van der Waals surface area contributed by atoms with Crippen LogP contribution in [-0.2, 0) is 19.4 Å². The summed E-state index contributed by atoms with van der Waals surface area (Å²) in [6, 6.07) is -0.902. The van der Waals surface area contributed by atoms with Crippen LogP contribution in [0.5, 0.6) is 0 Å². The molecule has 2 amide bonds. The van der Waals surface area contributed by atoms with Crippen molar-refractivity contribution in [3.05, 3.63) is 0 Å². The van der Waals surface area contributed by atoms with Crippen LogP contribution < -0.4 is 11.1 Å². The van der Waals surface area contributed by atoms with E-state index >= 15 is 0 Å². The number of sulfone groups is 1. The van der Waals surface area contributed by atoms with Crippen molar-refractivity contribution in [2.75, 3.05) is 31.6 Å². The number of hydrogen-bond donors (Lipinski definition) is 2. The Morgan fingerprint density at radius 2 is 1.89 bits per heavy atom. The largest absolute Gasteiger partial charge is 0.346 e. The van der Waals surface area contributed by atoms with Gasteiger partial charge in [0.1, 0.15) is 9.84 Å². The van der Waals surface area contributed by atoms with E-state index in [4.69, 9.17) is 5.73 Å². The molecule has 1 heterocycles. The van der Waals surface area contributed by atoms with Crippen LogP contribution in [0.4, 0.5) is 0 Å². The summed E-state index contributed by atoms with van der Waals surface area (Å²) >= 11 is 0. The molecule has 1 saturated heterocycles. The highest BCUT2D eigenvalue weighted by atomic mass is 32.2. The zero-order valence-electron chi connectivity index (χ0n) is 11.1. The number of nitrogens with one attached hydrogen (secondary N) is 1. The lowest BCUT2D eigenvalue weighted by molar-refractivity contribution is -0.132. The van der Waals surface area contributed by atoms with Crippen LogP contribution in [0.1, 0.15) is 19.3 Å². The number of likely N-dealkylation sites (tertiary alicyclic amines) is 1. The Labute approximate surface area is 113 Å². The van der Waals surface area contributed by atoms with Crippen molar-refractivity contribution in [1.82, 2.24) is 10.2 Å². The SMILES string of the molecule is CS(=O)(=O)CCC(N)C(=O)NCC(=O)N1CCCC1. The minimum atomic E-state index is -3.13. The second-order valence-electron chi connectivity index (χ2n) is 4.83. The van der Waals surface area contributed by atoms with Crippen molar-refractivity contribution in [2.45, 2.75) is 25.3 Å². The standard InChI is InChI=1S/C11H21N3O4S/c1-19(17,18)7-4-9(12)11(16)13-8-10(15)14-5-2-3-6-14/h9H,2-8,12H2,1H3,(H,13,16). The Hall–Kier alpha value is -1.15. The molecule has 3 N–H and O–H groups in total. The Balaban J connectivity index is 2.28. The third kappa shape index (κ3) is 6.02. The van der Waals surface area contributed by atoms with E-state index in [1.54, 1.807) is 4.90 Å². The Morgan fingerprint density at radius 3 is 2.42 bits per heavy atom. The first-order chi connectivity index (χ1) is 8.79. The number of rotatable bonds is 6. The van der Waals surface area contributed by atoms with Crippen LogP contribution in [0.15, 0.2) is 0 Å².